The number of fused-ring (bicyclic) bond motifs is 8. The molecule has 9 aromatic rings. The van der Waals surface area contributed by atoms with E-state index in [4.69, 9.17) is 0 Å². The average molecular weight is 524 g/mol. The van der Waals surface area contributed by atoms with Gasteiger partial charge >= 0.3 is 0 Å². The molecule has 5 aromatic carbocycles. The van der Waals surface area contributed by atoms with E-state index in [1.807, 2.05) is 0 Å². The SMILES string of the molecule is c1ccc(-c2c3c(c4ccccc4n3-c3ccc4c(c3)c3ccccc3n4-c3ccccc3)n3ccccc23)cc1. The lowest BCUT2D eigenvalue weighted by Crippen LogP contribution is -1.96. The first kappa shape index (κ1) is 22.3. The van der Waals surface area contributed by atoms with Gasteiger partial charge in [-0.05, 0) is 60.2 Å². The summed E-state index contributed by atoms with van der Waals surface area (Å²) < 4.78 is 7.20. The van der Waals surface area contributed by atoms with Gasteiger partial charge in [-0.25, -0.2) is 0 Å². The minimum atomic E-state index is 1.16. The first-order chi connectivity index (χ1) is 20.4. The van der Waals surface area contributed by atoms with Gasteiger partial charge in [0, 0.05) is 39.3 Å². The summed E-state index contributed by atoms with van der Waals surface area (Å²) in [7, 11) is 0. The van der Waals surface area contributed by atoms with Crippen molar-refractivity contribution in [2.45, 2.75) is 0 Å². The van der Waals surface area contributed by atoms with E-state index >= 15 is 0 Å². The van der Waals surface area contributed by atoms with Crippen LogP contribution in [0, 0.1) is 0 Å². The average Bonchev–Trinajstić information content (AvgIpc) is 3.67. The van der Waals surface area contributed by atoms with E-state index in [1.165, 1.54) is 66.1 Å². The zero-order valence-corrected chi connectivity index (χ0v) is 22.3. The molecule has 192 valence electrons. The molecule has 0 fully saturated rings. The van der Waals surface area contributed by atoms with Crippen LogP contribution < -0.4 is 0 Å². The maximum atomic E-state index is 2.47. The van der Waals surface area contributed by atoms with E-state index in [9.17, 15) is 0 Å². The maximum Gasteiger partial charge on any atom is 0.0809 e. The van der Waals surface area contributed by atoms with Gasteiger partial charge in [-0.3, -0.25) is 0 Å². The van der Waals surface area contributed by atoms with Crippen molar-refractivity contribution < 1.29 is 0 Å². The van der Waals surface area contributed by atoms with Crippen LogP contribution in [0.5, 0.6) is 0 Å². The molecule has 3 nitrogen and oxygen atoms in total. The zero-order chi connectivity index (χ0) is 26.9. The Bertz CT molecular complexity index is 2400. The molecule has 0 unspecified atom stereocenters. The predicted octanol–water partition coefficient (Wildman–Crippen LogP) is 9.80. The molecule has 4 heterocycles. The Hall–Kier alpha value is -5.54. The summed E-state index contributed by atoms with van der Waals surface area (Å²) in [5, 5.41) is 3.75. The summed E-state index contributed by atoms with van der Waals surface area (Å²) in [5.74, 6) is 0. The molecule has 3 heteroatoms. The fraction of sp³-hybridized carbons (Fsp3) is 0. The van der Waals surface area contributed by atoms with Gasteiger partial charge < -0.3 is 13.5 Å². The summed E-state index contributed by atoms with van der Waals surface area (Å²) in [4.78, 5) is 0. The van der Waals surface area contributed by atoms with Gasteiger partial charge in [-0.2, -0.15) is 0 Å². The third-order valence-electron chi connectivity index (χ3n) is 8.43. The topological polar surface area (TPSA) is 14.3 Å². The van der Waals surface area contributed by atoms with E-state index in [0.29, 0.717) is 0 Å². The number of pyridine rings is 1. The van der Waals surface area contributed by atoms with Crippen LogP contribution >= 0.6 is 0 Å². The molecule has 0 spiro atoms. The van der Waals surface area contributed by atoms with Gasteiger partial charge in [-0.1, -0.05) is 91.0 Å². The van der Waals surface area contributed by atoms with Crippen molar-refractivity contribution in [1.29, 1.82) is 0 Å². The quantitative estimate of drug-likeness (QED) is 0.219. The Morgan fingerprint density at radius 3 is 1.78 bits per heavy atom. The number of aromatic nitrogens is 3. The molecule has 41 heavy (non-hydrogen) atoms. The normalized spacial score (nSPS) is 11.9. The van der Waals surface area contributed by atoms with Crippen LogP contribution in [0.25, 0.3) is 71.8 Å². The Morgan fingerprint density at radius 1 is 0.366 bits per heavy atom. The summed E-state index contributed by atoms with van der Waals surface area (Å²) in [5.41, 5.74) is 12.1. The lowest BCUT2D eigenvalue weighted by Gasteiger charge is -2.11. The predicted molar refractivity (Wildman–Crippen MR) is 172 cm³/mol. The van der Waals surface area contributed by atoms with E-state index < -0.39 is 0 Å². The molecule has 0 saturated carbocycles. The molecular weight excluding hydrogens is 498 g/mol. The van der Waals surface area contributed by atoms with Gasteiger partial charge in [0.25, 0.3) is 0 Å². The van der Waals surface area contributed by atoms with Crippen LogP contribution in [-0.2, 0) is 0 Å². The highest BCUT2D eigenvalue weighted by Crippen LogP contribution is 2.43. The third-order valence-corrected chi connectivity index (χ3v) is 8.43. The van der Waals surface area contributed by atoms with Crippen LogP contribution in [0.2, 0.25) is 0 Å². The van der Waals surface area contributed by atoms with Gasteiger partial charge in [0.2, 0.25) is 0 Å². The van der Waals surface area contributed by atoms with Crippen molar-refractivity contribution in [2.24, 2.45) is 0 Å². The van der Waals surface area contributed by atoms with E-state index in [2.05, 4.69) is 165 Å². The molecule has 4 aromatic heterocycles. The van der Waals surface area contributed by atoms with Crippen LogP contribution in [0.15, 0.2) is 152 Å². The molecule has 0 atom stereocenters. The first-order valence-corrected chi connectivity index (χ1v) is 14.0. The lowest BCUT2D eigenvalue weighted by molar-refractivity contribution is 1.17. The molecule has 0 bridgehead atoms. The highest BCUT2D eigenvalue weighted by atomic mass is 15.0. The number of hydrogen-bond donors (Lipinski definition) is 0. The Balaban J connectivity index is 1.44. The second kappa shape index (κ2) is 8.48. The van der Waals surface area contributed by atoms with E-state index in [-0.39, 0.29) is 0 Å². The second-order valence-electron chi connectivity index (χ2n) is 10.6. The largest absolute Gasteiger partial charge is 0.314 e. The van der Waals surface area contributed by atoms with E-state index in [0.717, 1.165) is 5.69 Å². The molecule has 0 radical (unpaired) electrons. The van der Waals surface area contributed by atoms with Crippen molar-refractivity contribution in [2.75, 3.05) is 0 Å². The fourth-order valence-corrected chi connectivity index (χ4v) is 6.77. The molecule has 0 N–H and O–H groups in total. The standard InChI is InChI=1S/C38H25N3/c1-3-13-26(14-4-1)36-35-21-11-12-24-39(35)37-30-18-8-10-20-33(30)41(38(36)37)28-22-23-34-31(25-28)29-17-7-9-19-32(29)40(34)27-15-5-2-6-16-27/h1-25H. The van der Waals surface area contributed by atoms with Gasteiger partial charge in [0.05, 0.1) is 33.1 Å². The Labute approximate surface area is 236 Å². The molecule has 0 aliphatic carbocycles. The van der Waals surface area contributed by atoms with Crippen molar-refractivity contribution in [3.05, 3.63) is 152 Å². The molecule has 9 rings (SSSR count). The Morgan fingerprint density at radius 2 is 0.976 bits per heavy atom. The molecule has 0 saturated heterocycles. The minimum absolute atomic E-state index is 1.16. The zero-order valence-electron chi connectivity index (χ0n) is 22.3. The number of benzene rings is 5. The molecule has 0 aliphatic heterocycles. The maximum absolute atomic E-state index is 2.47. The van der Waals surface area contributed by atoms with Gasteiger partial charge in [-0.15, -0.1) is 0 Å². The fourth-order valence-electron chi connectivity index (χ4n) is 6.77. The smallest absolute Gasteiger partial charge is 0.0809 e. The monoisotopic (exact) mass is 523 g/mol. The minimum Gasteiger partial charge on any atom is -0.314 e. The second-order valence-corrected chi connectivity index (χ2v) is 10.6. The van der Waals surface area contributed by atoms with Crippen LogP contribution in [0.3, 0.4) is 0 Å². The number of rotatable bonds is 3. The lowest BCUT2D eigenvalue weighted by atomic mass is 10.1. The summed E-state index contributed by atoms with van der Waals surface area (Å²) in [6.45, 7) is 0. The number of hydrogen-bond acceptors (Lipinski definition) is 0. The van der Waals surface area contributed by atoms with Gasteiger partial charge in [0.15, 0.2) is 0 Å². The summed E-state index contributed by atoms with van der Waals surface area (Å²) >= 11 is 0. The van der Waals surface area contributed by atoms with Crippen LogP contribution in [-0.4, -0.2) is 13.5 Å². The Kier molecular flexibility index (Phi) is 4.61. The third kappa shape index (κ3) is 3.09. The number of para-hydroxylation sites is 3. The van der Waals surface area contributed by atoms with Crippen LogP contribution in [0.1, 0.15) is 0 Å². The van der Waals surface area contributed by atoms with Crippen molar-refractivity contribution >= 4 is 49.3 Å². The van der Waals surface area contributed by atoms with Crippen molar-refractivity contribution in [1.82, 2.24) is 13.5 Å². The van der Waals surface area contributed by atoms with Crippen LogP contribution in [0.4, 0.5) is 0 Å². The highest BCUT2D eigenvalue weighted by molar-refractivity contribution is 6.18. The summed E-state index contributed by atoms with van der Waals surface area (Å²) in [6.07, 6.45) is 2.19. The summed E-state index contributed by atoms with van der Waals surface area (Å²) in [6, 6.07) is 52.4. The van der Waals surface area contributed by atoms with Gasteiger partial charge in [0.1, 0.15) is 0 Å². The van der Waals surface area contributed by atoms with Crippen molar-refractivity contribution in [3.8, 4) is 22.5 Å². The molecular formula is C38H25N3. The van der Waals surface area contributed by atoms with E-state index in [1.54, 1.807) is 0 Å². The number of nitrogens with zero attached hydrogens (tertiary/aromatic N) is 3. The first-order valence-electron chi connectivity index (χ1n) is 14.0. The van der Waals surface area contributed by atoms with Crippen molar-refractivity contribution in [3.63, 3.8) is 0 Å². The highest BCUT2D eigenvalue weighted by Gasteiger charge is 2.23. The molecule has 0 amide bonds. The molecule has 0 aliphatic rings.